The number of nitrogens with zero attached hydrogens (tertiary/aromatic N) is 1. The van der Waals surface area contributed by atoms with Crippen molar-refractivity contribution in [1.82, 2.24) is 9.03 Å². The second-order valence-corrected chi connectivity index (χ2v) is 3.40. The molecule has 6 heteroatoms. The molecule has 4 nitrogen and oxygen atoms in total. The van der Waals surface area contributed by atoms with Gasteiger partial charge >= 0.3 is 6.09 Å². The summed E-state index contributed by atoms with van der Waals surface area (Å²) in [6.07, 6.45) is 0.316. The molecule has 1 fully saturated rings. The summed E-state index contributed by atoms with van der Waals surface area (Å²) in [5, 5.41) is 3.07. The van der Waals surface area contributed by atoms with Crippen molar-refractivity contribution in [2.75, 3.05) is 13.1 Å². The van der Waals surface area contributed by atoms with E-state index in [0.717, 1.165) is 23.2 Å². The highest BCUT2D eigenvalue weighted by Crippen LogP contribution is 2.08. The Kier molecular flexibility index (Phi) is 3.35. The van der Waals surface area contributed by atoms with Crippen LogP contribution in [-0.2, 0) is 4.74 Å². The molecule has 1 N–H and O–H groups in total. The fraction of sp³-hybridized carbons (Fsp3) is 0.800. The number of hydrogen-bond acceptors (Lipinski definition) is 5. The molecule has 1 heterocycles. The molecule has 0 aromatic rings. The monoisotopic (exact) mass is 194 g/mol. The molecule has 0 unspecified atom stereocenters. The van der Waals surface area contributed by atoms with E-state index >= 15 is 0 Å². The van der Waals surface area contributed by atoms with Gasteiger partial charge in [0.2, 0.25) is 0 Å². The van der Waals surface area contributed by atoms with E-state index in [1.807, 2.05) is 0 Å². The van der Waals surface area contributed by atoms with Gasteiger partial charge in [0.05, 0.1) is 0 Å². The van der Waals surface area contributed by atoms with Gasteiger partial charge in [0, 0.05) is 6.54 Å². The lowest BCUT2D eigenvalue weighted by atomic mass is 10.3. The van der Waals surface area contributed by atoms with Crippen LogP contribution in [0.1, 0.15) is 6.42 Å². The average Bonchev–Trinajstić information content (AvgIpc) is 2.39. The predicted molar refractivity (Wildman–Crippen MR) is 47.6 cm³/mol. The molecule has 11 heavy (non-hydrogen) atoms. The summed E-state index contributed by atoms with van der Waals surface area (Å²) < 4.78 is 5.78. The highest BCUT2D eigenvalue weighted by Gasteiger charge is 2.19. The first-order valence-electron chi connectivity index (χ1n) is 3.29. The van der Waals surface area contributed by atoms with Crippen LogP contribution in [0, 0.1) is 0 Å². The minimum atomic E-state index is -0.523. The first kappa shape index (κ1) is 9.02. The first-order valence-corrected chi connectivity index (χ1v) is 4.09. The van der Waals surface area contributed by atoms with Crippen LogP contribution >= 0.6 is 25.6 Å². The number of amides is 1. The fourth-order valence-electron chi connectivity index (χ4n) is 0.918. The molecule has 0 saturated carbocycles. The quantitative estimate of drug-likeness (QED) is 0.532. The number of hydrogen-bond donors (Lipinski definition) is 3. The third-order valence-electron chi connectivity index (χ3n) is 1.45. The third-order valence-corrected chi connectivity index (χ3v) is 1.77. The van der Waals surface area contributed by atoms with Crippen LogP contribution in [0.25, 0.3) is 0 Å². The molecular formula is C5H10N2O2S2. The Hall–Kier alpha value is -0.0700. The minimum absolute atomic E-state index is 0.0238. The lowest BCUT2D eigenvalue weighted by Crippen LogP contribution is -2.24. The molecule has 1 atom stereocenters. The summed E-state index contributed by atoms with van der Waals surface area (Å²) in [6.45, 7) is 1.62. The Morgan fingerprint density at radius 3 is 2.82 bits per heavy atom. The summed E-state index contributed by atoms with van der Waals surface area (Å²) in [4.78, 5) is 10.8. The highest BCUT2D eigenvalue weighted by atomic mass is 32.2. The summed E-state index contributed by atoms with van der Waals surface area (Å²) in [5.74, 6) is 0. The molecule has 1 aliphatic heterocycles. The van der Waals surface area contributed by atoms with Gasteiger partial charge < -0.3 is 10.1 Å². The van der Waals surface area contributed by atoms with Crippen LogP contribution < -0.4 is 5.32 Å². The van der Waals surface area contributed by atoms with Gasteiger partial charge in [-0.3, -0.25) is 0 Å². The van der Waals surface area contributed by atoms with Crippen molar-refractivity contribution in [3.63, 3.8) is 0 Å². The molecule has 0 aliphatic carbocycles. The number of rotatable bonds is 1. The zero-order chi connectivity index (χ0) is 8.27. The average molecular weight is 194 g/mol. The second kappa shape index (κ2) is 4.08. The van der Waals surface area contributed by atoms with Crippen LogP contribution in [0.2, 0.25) is 0 Å². The van der Waals surface area contributed by atoms with E-state index < -0.39 is 6.09 Å². The first-order chi connectivity index (χ1) is 5.20. The minimum Gasteiger partial charge on any atom is -0.443 e. The van der Waals surface area contributed by atoms with Gasteiger partial charge in [0.15, 0.2) is 0 Å². The summed E-state index contributed by atoms with van der Waals surface area (Å²) in [7, 11) is 0. The van der Waals surface area contributed by atoms with Crippen molar-refractivity contribution >= 4 is 31.7 Å². The van der Waals surface area contributed by atoms with Crippen molar-refractivity contribution < 1.29 is 9.53 Å². The largest absolute Gasteiger partial charge is 0.443 e. The molecule has 1 amide bonds. The van der Waals surface area contributed by atoms with Crippen molar-refractivity contribution in [3.8, 4) is 0 Å². The summed E-state index contributed by atoms with van der Waals surface area (Å²) in [6, 6.07) is 0. The van der Waals surface area contributed by atoms with Crippen molar-refractivity contribution in [2.24, 2.45) is 0 Å². The van der Waals surface area contributed by atoms with Crippen molar-refractivity contribution in [2.45, 2.75) is 12.5 Å². The smallest absolute Gasteiger partial charge is 0.430 e. The Bertz CT molecular complexity index is 147. The Morgan fingerprint density at radius 1 is 1.64 bits per heavy atom. The summed E-state index contributed by atoms with van der Waals surface area (Å²) in [5.41, 5.74) is 0. The zero-order valence-corrected chi connectivity index (χ0v) is 7.65. The maximum Gasteiger partial charge on any atom is 0.430 e. The van der Waals surface area contributed by atoms with Gasteiger partial charge in [-0.25, -0.2) is 4.79 Å². The van der Waals surface area contributed by atoms with Crippen molar-refractivity contribution in [3.05, 3.63) is 0 Å². The number of nitrogens with one attached hydrogen (secondary N) is 1. The Balaban J connectivity index is 2.24. The van der Waals surface area contributed by atoms with Crippen LogP contribution in [0.15, 0.2) is 0 Å². The SMILES string of the molecule is O=C(O[C@@H]1CCNC1)N(S)S. The zero-order valence-electron chi connectivity index (χ0n) is 5.86. The van der Waals surface area contributed by atoms with Crippen LogP contribution in [0.3, 0.4) is 0 Å². The molecule has 1 aliphatic rings. The molecule has 64 valence electrons. The topological polar surface area (TPSA) is 41.6 Å². The van der Waals surface area contributed by atoms with E-state index in [9.17, 15) is 4.79 Å². The van der Waals surface area contributed by atoms with Gasteiger partial charge in [0.1, 0.15) is 6.10 Å². The van der Waals surface area contributed by atoms with Gasteiger partial charge in [-0.15, -0.1) is 0 Å². The number of carbonyl (C=O) groups is 1. The van der Waals surface area contributed by atoms with Gasteiger partial charge in [-0.2, -0.15) is 3.71 Å². The molecule has 1 saturated heterocycles. The third kappa shape index (κ3) is 2.80. The maximum atomic E-state index is 10.8. The van der Waals surface area contributed by atoms with Gasteiger partial charge in [-0.05, 0) is 38.6 Å². The Morgan fingerprint density at radius 2 is 2.36 bits per heavy atom. The Labute approximate surface area is 76.4 Å². The molecule has 0 aromatic heterocycles. The molecule has 1 rings (SSSR count). The molecule has 0 bridgehead atoms. The maximum absolute atomic E-state index is 10.8. The van der Waals surface area contributed by atoms with E-state index in [-0.39, 0.29) is 6.10 Å². The summed E-state index contributed by atoms with van der Waals surface area (Å²) >= 11 is 7.34. The van der Waals surface area contributed by atoms with Gasteiger partial charge in [-0.1, -0.05) is 0 Å². The highest BCUT2D eigenvalue weighted by molar-refractivity contribution is 7.94. The molecular weight excluding hydrogens is 184 g/mol. The lowest BCUT2D eigenvalue weighted by molar-refractivity contribution is 0.104. The number of thiol groups is 2. The molecule has 0 spiro atoms. The van der Waals surface area contributed by atoms with E-state index in [4.69, 9.17) is 4.74 Å². The van der Waals surface area contributed by atoms with E-state index in [2.05, 4.69) is 30.9 Å². The van der Waals surface area contributed by atoms with E-state index in [1.54, 1.807) is 0 Å². The second-order valence-electron chi connectivity index (χ2n) is 2.29. The van der Waals surface area contributed by atoms with Crippen LogP contribution in [0.5, 0.6) is 0 Å². The predicted octanol–water partition coefficient (Wildman–Crippen LogP) is 0.476. The standard InChI is InChI=1S/C5H10N2O2S2/c8-5(7(10)11)9-4-1-2-6-3-4/h4,6,10-11H,1-3H2/t4-/m1/s1. The fourth-order valence-corrected chi connectivity index (χ4v) is 1.01. The van der Waals surface area contributed by atoms with E-state index in [0.29, 0.717) is 0 Å². The van der Waals surface area contributed by atoms with Crippen LogP contribution in [0.4, 0.5) is 4.79 Å². The van der Waals surface area contributed by atoms with Gasteiger partial charge in [0.25, 0.3) is 0 Å². The number of carbonyl (C=O) groups excluding carboxylic acids is 1. The molecule has 0 aromatic carbocycles. The lowest BCUT2D eigenvalue weighted by Gasteiger charge is -2.12. The van der Waals surface area contributed by atoms with Crippen molar-refractivity contribution in [1.29, 1.82) is 0 Å². The van der Waals surface area contributed by atoms with E-state index in [1.165, 1.54) is 0 Å². The normalized spacial score (nSPS) is 23.3. The molecule has 0 radical (unpaired) electrons. The van der Waals surface area contributed by atoms with Crippen LogP contribution in [-0.4, -0.2) is 29.0 Å². The number of ether oxygens (including phenoxy) is 1.